The van der Waals surface area contributed by atoms with Crippen LogP contribution in [-0.2, 0) is 4.74 Å². The predicted octanol–water partition coefficient (Wildman–Crippen LogP) is 2.60. The number of rotatable bonds is 3. The van der Waals surface area contributed by atoms with E-state index in [2.05, 4.69) is 5.32 Å². The second-order valence-electron chi connectivity index (χ2n) is 4.43. The van der Waals surface area contributed by atoms with Gasteiger partial charge in [-0.15, -0.1) is 0 Å². The first kappa shape index (κ1) is 11.9. The smallest absolute Gasteiger partial charge is 0.127 e. The van der Waals surface area contributed by atoms with Gasteiger partial charge in [0.15, 0.2) is 0 Å². The number of benzene rings is 1. The number of nitrogens with two attached hydrogens (primary N) is 1. The van der Waals surface area contributed by atoms with Gasteiger partial charge < -0.3 is 21.2 Å². The van der Waals surface area contributed by atoms with Crippen molar-refractivity contribution in [2.45, 2.75) is 32.4 Å². The quantitative estimate of drug-likeness (QED) is 0.555. The molecule has 0 radical (unpaired) electrons. The Labute approximate surface area is 102 Å². The Hall–Kier alpha value is -1.55. The van der Waals surface area contributed by atoms with E-state index in [1.54, 1.807) is 6.92 Å². The minimum Gasteiger partial charge on any atom is -0.399 e. The van der Waals surface area contributed by atoms with Crippen molar-refractivity contribution in [2.75, 3.05) is 17.7 Å². The highest BCUT2D eigenvalue weighted by Crippen LogP contribution is 2.23. The molecule has 0 bridgehead atoms. The number of ether oxygens (including phenoxy) is 1. The SMILES string of the molecule is CC(=N)c1cc(N)ccc1NC1CCCCO1. The zero-order valence-corrected chi connectivity index (χ0v) is 10.1. The Morgan fingerprint density at radius 1 is 1.47 bits per heavy atom. The molecule has 0 amide bonds. The topological polar surface area (TPSA) is 71.1 Å². The fourth-order valence-electron chi connectivity index (χ4n) is 2.03. The average molecular weight is 233 g/mol. The molecule has 0 spiro atoms. The largest absolute Gasteiger partial charge is 0.399 e. The highest BCUT2D eigenvalue weighted by Gasteiger charge is 2.15. The van der Waals surface area contributed by atoms with Gasteiger partial charge in [0, 0.05) is 29.3 Å². The van der Waals surface area contributed by atoms with Crippen molar-refractivity contribution in [3.63, 3.8) is 0 Å². The van der Waals surface area contributed by atoms with Crippen molar-refractivity contribution >= 4 is 17.1 Å². The molecule has 4 nitrogen and oxygen atoms in total. The van der Waals surface area contributed by atoms with Gasteiger partial charge >= 0.3 is 0 Å². The Morgan fingerprint density at radius 3 is 2.94 bits per heavy atom. The second kappa shape index (κ2) is 5.19. The predicted molar refractivity (Wildman–Crippen MR) is 70.6 cm³/mol. The average Bonchev–Trinajstić information content (AvgIpc) is 2.32. The standard InChI is InChI=1S/C13H19N3O/c1-9(14)11-8-10(15)5-6-12(11)16-13-4-2-3-7-17-13/h5-6,8,13-14,16H,2-4,7,15H2,1H3. The van der Waals surface area contributed by atoms with Crippen LogP contribution in [-0.4, -0.2) is 18.5 Å². The maximum absolute atomic E-state index is 7.75. The maximum Gasteiger partial charge on any atom is 0.127 e. The van der Waals surface area contributed by atoms with Crippen LogP contribution >= 0.6 is 0 Å². The third-order valence-electron chi connectivity index (χ3n) is 2.94. The fourth-order valence-corrected chi connectivity index (χ4v) is 2.03. The van der Waals surface area contributed by atoms with Gasteiger partial charge in [-0.05, 0) is 44.4 Å². The maximum atomic E-state index is 7.75. The molecule has 17 heavy (non-hydrogen) atoms. The minimum absolute atomic E-state index is 0.0606. The van der Waals surface area contributed by atoms with Crippen LogP contribution in [0.1, 0.15) is 31.7 Å². The number of nitrogen functional groups attached to an aromatic ring is 1. The van der Waals surface area contributed by atoms with Gasteiger partial charge in [-0.25, -0.2) is 0 Å². The van der Waals surface area contributed by atoms with E-state index in [1.807, 2.05) is 18.2 Å². The van der Waals surface area contributed by atoms with Gasteiger partial charge in [0.2, 0.25) is 0 Å². The molecule has 1 heterocycles. The molecule has 1 aromatic rings. The van der Waals surface area contributed by atoms with Gasteiger partial charge in [-0.2, -0.15) is 0 Å². The summed E-state index contributed by atoms with van der Waals surface area (Å²) in [5.74, 6) is 0. The van der Waals surface area contributed by atoms with E-state index in [4.69, 9.17) is 15.9 Å². The highest BCUT2D eigenvalue weighted by atomic mass is 16.5. The van der Waals surface area contributed by atoms with Crippen LogP contribution in [0, 0.1) is 5.41 Å². The molecule has 1 aliphatic rings. The Kier molecular flexibility index (Phi) is 3.64. The first-order valence-corrected chi connectivity index (χ1v) is 6.00. The summed E-state index contributed by atoms with van der Waals surface area (Å²) in [6.07, 6.45) is 3.40. The fraction of sp³-hybridized carbons (Fsp3) is 0.462. The van der Waals surface area contributed by atoms with Gasteiger partial charge in [0.05, 0.1) is 0 Å². The molecule has 1 aromatic carbocycles. The zero-order valence-electron chi connectivity index (χ0n) is 10.1. The molecule has 2 rings (SSSR count). The third kappa shape index (κ3) is 2.97. The molecular formula is C13H19N3O. The van der Waals surface area contributed by atoms with Crippen LogP contribution in [0.3, 0.4) is 0 Å². The van der Waals surface area contributed by atoms with Crippen molar-refractivity contribution in [1.82, 2.24) is 0 Å². The monoisotopic (exact) mass is 233 g/mol. The van der Waals surface area contributed by atoms with E-state index in [-0.39, 0.29) is 6.23 Å². The van der Waals surface area contributed by atoms with Crippen LogP contribution in [0.25, 0.3) is 0 Å². The minimum atomic E-state index is 0.0606. The first-order valence-electron chi connectivity index (χ1n) is 6.00. The summed E-state index contributed by atoms with van der Waals surface area (Å²) in [6.45, 7) is 2.58. The Balaban J connectivity index is 2.16. The van der Waals surface area contributed by atoms with E-state index in [1.165, 1.54) is 6.42 Å². The number of nitrogens with one attached hydrogen (secondary N) is 2. The number of anilines is 2. The molecule has 1 aliphatic heterocycles. The number of hydrogen-bond acceptors (Lipinski definition) is 4. The van der Waals surface area contributed by atoms with Crippen LogP contribution in [0.5, 0.6) is 0 Å². The first-order chi connectivity index (χ1) is 8.16. The summed E-state index contributed by atoms with van der Waals surface area (Å²) >= 11 is 0. The molecule has 1 atom stereocenters. The van der Waals surface area contributed by atoms with Gasteiger partial charge in [0.25, 0.3) is 0 Å². The van der Waals surface area contributed by atoms with Crippen molar-refractivity contribution in [1.29, 1.82) is 5.41 Å². The molecule has 1 fully saturated rings. The van der Waals surface area contributed by atoms with Crippen LogP contribution in [0.15, 0.2) is 18.2 Å². The molecule has 4 heteroatoms. The van der Waals surface area contributed by atoms with Crippen molar-refractivity contribution in [3.05, 3.63) is 23.8 Å². The molecule has 4 N–H and O–H groups in total. The third-order valence-corrected chi connectivity index (χ3v) is 2.94. The van der Waals surface area contributed by atoms with E-state index in [0.29, 0.717) is 11.4 Å². The Morgan fingerprint density at radius 2 is 2.29 bits per heavy atom. The van der Waals surface area contributed by atoms with Crippen LogP contribution in [0.4, 0.5) is 11.4 Å². The lowest BCUT2D eigenvalue weighted by atomic mass is 10.1. The summed E-state index contributed by atoms with van der Waals surface area (Å²) in [5.41, 5.74) is 8.71. The van der Waals surface area contributed by atoms with Gasteiger partial charge in [-0.3, -0.25) is 0 Å². The van der Waals surface area contributed by atoms with Gasteiger partial charge in [-0.1, -0.05) is 0 Å². The summed E-state index contributed by atoms with van der Waals surface area (Å²) in [7, 11) is 0. The normalized spacial score (nSPS) is 19.9. The highest BCUT2D eigenvalue weighted by molar-refractivity contribution is 6.02. The van der Waals surface area contributed by atoms with Crippen LogP contribution < -0.4 is 11.1 Å². The van der Waals surface area contributed by atoms with Crippen molar-refractivity contribution < 1.29 is 4.74 Å². The summed E-state index contributed by atoms with van der Waals surface area (Å²) < 4.78 is 5.63. The molecule has 0 aromatic heterocycles. The van der Waals surface area contributed by atoms with Gasteiger partial charge in [0.1, 0.15) is 6.23 Å². The van der Waals surface area contributed by atoms with E-state index < -0.39 is 0 Å². The lowest BCUT2D eigenvalue weighted by Crippen LogP contribution is -2.27. The lowest BCUT2D eigenvalue weighted by Gasteiger charge is -2.25. The lowest BCUT2D eigenvalue weighted by molar-refractivity contribution is 0.0343. The summed E-state index contributed by atoms with van der Waals surface area (Å²) in [5, 5.41) is 11.1. The zero-order chi connectivity index (χ0) is 12.3. The second-order valence-corrected chi connectivity index (χ2v) is 4.43. The Bertz CT molecular complexity index is 411. The summed E-state index contributed by atoms with van der Waals surface area (Å²) in [4.78, 5) is 0. The van der Waals surface area contributed by atoms with E-state index in [0.717, 1.165) is 30.7 Å². The van der Waals surface area contributed by atoms with Crippen LogP contribution in [0.2, 0.25) is 0 Å². The molecule has 0 saturated carbocycles. The van der Waals surface area contributed by atoms with Crippen molar-refractivity contribution in [3.8, 4) is 0 Å². The number of hydrogen-bond donors (Lipinski definition) is 3. The van der Waals surface area contributed by atoms with E-state index in [9.17, 15) is 0 Å². The molecule has 92 valence electrons. The molecule has 0 aliphatic carbocycles. The molecular weight excluding hydrogens is 214 g/mol. The molecule has 1 saturated heterocycles. The van der Waals surface area contributed by atoms with Crippen molar-refractivity contribution in [2.24, 2.45) is 0 Å². The summed E-state index contributed by atoms with van der Waals surface area (Å²) in [6, 6.07) is 5.59. The molecule has 1 unspecified atom stereocenters. The van der Waals surface area contributed by atoms with E-state index >= 15 is 0 Å².